The number of aryl methyl sites for hydroxylation is 1. The van der Waals surface area contributed by atoms with Crippen LogP contribution >= 0.6 is 0 Å². The van der Waals surface area contributed by atoms with Crippen LogP contribution in [0.1, 0.15) is 30.1 Å². The first-order chi connectivity index (χ1) is 14.9. The zero-order chi connectivity index (χ0) is 21.5. The van der Waals surface area contributed by atoms with Crippen molar-refractivity contribution >= 4 is 17.5 Å². The molecule has 4 atom stereocenters. The lowest BCUT2D eigenvalue weighted by Gasteiger charge is -2.35. The van der Waals surface area contributed by atoms with Gasteiger partial charge >= 0.3 is 0 Å². The fraction of sp³-hybridized carbons (Fsp3) is 0.545. The Kier molecular flexibility index (Phi) is 3.81. The van der Waals surface area contributed by atoms with Gasteiger partial charge in [-0.25, -0.2) is 9.50 Å². The molecule has 0 unspecified atom stereocenters. The average molecular weight is 423 g/mol. The van der Waals surface area contributed by atoms with E-state index in [0.717, 1.165) is 18.5 Å². The molecule has 4 aliphatic heterocycles. The number of aromatic amines is 1. The third-order valence-corrected chi connectivity index (χ3v) is 7.42. The molecule has 31 heavy (non-hydrogen) atoms. The molecule has 0 radical (unpaired) electrons. The number of hydrogen-bond acceptors (Lipinski definition) is 5. The van der Waals surface area contributed by atoms with Crippen LogP contribution in [-0.4, -0.2) is 74.6 Å². The van der Waals surface area contributed by atoms with Crippen LogP contribution in [0.4, 0.5) is 0 Å². The molecule has 4 aliphatic rings. The minimum Gasteiger partial charge on any atom is -0.360 e. The smallest absolute Gasteiger partial charge is 0.272 e. The Balaban J connectivity index is 1.19. The number of aromatic nitrogens is 3. The van der Waals surface area contributed by atoms with E-state index in [1.807, 2.05) is 30.0 Å². The zero-order valence-electron chi connectivity index (χ0n) is 17.6. The molecule has 0 saturated carbocycles. The second-order valence-electron chi connectivity index (χ2n) is 9.33. The van der Waals surface area contributed by atoms with Crippen LogP contribution in [0.25, 0.3) is 5.65 Å². The molecular formula is C22H25N5O4. The van der Waals surface area contributed by atoms with E-state index in [0.29, 0.717) is 31.0 Å². The van der Waals surface area contributed by atoms with Gasteiger partial charge in [0.25, 0.3) is 5.56 Å². The highest BCUT2D eigenvalue weighted by atomic mass is 16.5. The number of H-pyrrole nitrogens is 1. The summed E-state index contributed by atoms with van der Waals surface area (Å²) in [6.07, 6.45) is 5.22. The maximum atomic E-state index is 13.4. The lowest BCUT2D eigenvalue weighted by molar-refractivity contribution is -0.143. The van der Waals surface area contributed by atoms with Crippen molar-refractivity contribution in [3.05, 3.63) is 46.0 Å². The number of nitrogens with one attached hydrogen (secondary N) is 1. The maximum Gasteiger partial charge on any atom is 0.272 e. The van der Waals surface area contributed by atoms with E-state index in [1.54, 1.807) is 11.9 Å². The highest BCUT2D eigenvalue weighted by molar-refractivity contribution is 5.93. The highest BCUT2D eigenvalue weighted by Crippen LogP contribution is 2.52. The molecule has 6 rings (SSSR count). The van der Waals surface area contributed by atoms with Crippen LogP contribution in [0.2, 0.25) is 0 Å². The molecule has 2 amide bonds. The zero-order valence-corrected chi connectivity index (χ0v) is 17.6. The first-order valence-corrected chi connectivity index (χ1v) is 10.9. The van der Waals surface area contributed by atoms with Gasteiger partial charge in [-0.3, -0.25) is 19.5 Å². The lowest BCUT2D eigenvalue weighted by Crippen LogP contribution is -2.48. The van der Waals surface area contributed by atoms with Crippen LogP contribution in [0, 0.1) is 18.8 Å². The first-order valence-electron chi connectivity index (χ1n) is 10.9. The number of carbonyl (C=O) groups excluding carboxylic acids is 2. The lowest BCUT2D eigenvalue weighted by atomic mass is 9.76. The fourth-order valence-electron chi connectivity index (χ4n) is 5.93. The van der Waals surface area contributed by atoms with E-state index in [4.69, 9.17) is 4.74 Å². The van der Waals surface area contributed by atoms with Gasteiger partial charge in [0.05, 0.1) is 24.5 Å². The summed E-state index contributed by atoms with van der Waals surface area (Å²) in [6, 6.07) is 3.44. The highest BCUT2D eigenvalue weighted by Gasteiger charge is 2.66. The van der Waals surface area contributed by atoms with Crippen molar-refractivity contribution in [2.45, 2.75) is 37.4 Å². The van der Waals surface area contributed by atoms with Crippen molar-refractivity contribution < 1.29 is 14.3 Å². The Labute approximate surface area is 178 Å². The van der Waals surface area contributed by atoms with Crippen LogP contribution in [0.15, 0.2) is 29.1 Å². The Morgan fingerprint density at radius 2 is 2.03 bits per heavy atom. The number of nitrogens with zero attached hydrogens (tertiary/aromatic N) is 4. The predicted octanol–water partition coefficient (Wildman–Crippen LogP) is 0.449. The Bertz CT molecular complexity index is 1190. The Morgan fingerprint density at radius 1 is 1.26 bits per heavy atom. The maximum absolute atomic E-state index is 13.4. The molecule has 162 valence electrons. The van der Waals surface area contributed by atoms with Gasteiger partial charge in [-0.2, -0.15) is 0 Å². The minimum absolute atomic E-state index is 0.00592. The summed E-state index contributed by atoms with van der Waals surface area (Å²) in [6.45, 7) is 3.57. The van der Waals surface area contributed by atoms with Gasteiger partial charge in [-0.05, 0) is 19.8 Å². The van der Waals surface area contributed by atoms with Crippen molar-refractivity contribution in [2.75, 3.05) is 26.7 Å². The van der Waals surface area contributed by atoms with Crippen molar-refractivity contribution in [2.24, 2.45) is 11.8 Å². The van der Waals surface area contributed by atoms with Crippen LogP contribution in [0.3, 0.4) is 0 Å². The molecule has 2 aromatic rings. The molecule has 0 aromatic carbocycles. The van der Waals surface area contributed by atoms with Gasteiger partial charge in [-0.15, -0.1) is 0 Å². The number of likely N-dealkylation sites (tertiary alicyclic amines) is 2. The molecule has 3 fully saturated rings. The third-order valence-electron chi connectivity index (χ3n) is 7.42. The van der Waals surface area contributed by atoms with Crippen LogP contribution in [-0.2, 0) is 14.3 Å². The van der Waals surface area contributed by atoms with Crippen LogP contribution < -0.4 is 5.56 Å². The second kappa shape index (κ2) is 6.29. The van der Waals surface area contributed by atoms with Gasteiger partial charge in [0.15, 0.2) is 5.65 Å². The molecule has 1 spiro atoms. The SMILES string of the molecule is Cc1cc(=O)n2[nH]c(C3CCN(C(=O)[C@@H]4[C@H]5C=C[C@@]6(CN(C)C(=O)[C@@H]46)O5)CC3)cc2n1. The number of ether oxygens (including phenoxy) is 1. The molecule has 9 nitrogen and oxygen atoms in total. The first kappa shape index (κ1) is 18.8. The van der Waals surface area contributed by atoms with Gasteiger partial charge < -0.3 is 14.5 Å². The number of likely N-dealkylation sites (N-methyl/N-ethyl adjacent to an activating group) is 1. The van der Waals surface area contributed by atoms with Crippen molar-refractivity contribution in [1.82, 2.24) is 24.4 Å². The second-order valence-corrected chi connectivity index (χ2v) is 9.33. The molecule has 0 aliphatic carbocycles. The van der Waals surface area contributed by atoms with Crippen LogP contribution in [0.5, 0.6) is 0 Å². The number of hydrogen-bond donors (Lipinski definition) is 1. The summed E-state index contributed by atoms with van der Waals surface area (Å²) in [5, 5.41) is 3.18. The standard InChI is InChI=1S/C22H25N5O4/c1-12-9-17(28)27-16(23-12)10-14(24-27)13-4-7-26(8-5-13)20(29)18-15-3-6-22(31-15)11-25(2)21(30)19(18)22/h3,6,9-10,13,15,18-19,24H,4-5,7-8,11H2,1-2H3/t15-,18-,19-,22+/m1/s1. The largest absolute Gasteiger partial charge is 0.360 e. The Hall–Kier alpha value is -2.94. The summed E-state index contributed by atoms with van der Waals surface area (Å²) in [5.41, 5.74) is 1.55. The molecular weight excluding hydrogens is 398 g/mol. The summed E-state index contributed by atoms with van der Waals surface area (Å²) in [4.78, 5) is 46.3. The van der Waals surface area contributed by atoms with Gasteiger partial charge in [0.2, 0.25) is 11.8 Å². The van der Waals surface area contributed by atoms with E-state index >= 15 is 0 Å². The summed E-state index contributed by atoms with van der Waals surface area (Å²) in [5.74, 6) is -0.586. The van der Waals surface area contributed by atoms with E-state index in [2.05, 4.69) is 10.1 Å². The minimum atomic E-state index is -0.627. The molecule has 3 saturated heterocycles. The molecule has 2 aromatic heterocycles. The summed E-state index contributed by atoms with van der Waals surface area (Å²) >= 11 is 0. The number of piperidine rings is 1. The summed E-state index contributed by atoms with van der Waals surface area (Å²) < 4.78 is 7.60. The monoisotopic (exact) mass is 423 g/mol. The van der Waals surface area contributed by atoms with E-state index in [-0.39, 0.29) is 29.4 Å². The van der Waals surface area contributed by atoms with Gasteiger partial charge in [0.1, 0.15) is 5.60 Å². The predicted molar refractivity (Wildman–Crippen MR) is 110 cm³/mol. The molecule has 6 heterocycles. The molecule has 2 bridgehead atoms. The van der Waals surface area contributed by atoms with Gasteiger partial charge in [-0.1, -0.05) is 12.2 Å². The fourth-order valence-corrected chi connectivity index (χ4v) is 5.93. The van der Waals surface area contributed by atoms with Gasteiger partial charge in [0, 0.05) is 49.6 Å². The molecule has 9 heteroatoms. The summed E-state index contributed by atoms with van der Waals surface area (Å²) in [7, 11) is 1.77. The Morgan fingerprint density at radius 3 is 2.81 bits per heavy atom. The third kappa shape index (κ3) is 2.59. The van der Waals surface area contributed by atoms with E-state index in [9.17, 15) is 14.4 Å². The topological polar surface area (TPSA) is 100 Å². The number of fused-ring (bicyclic) bond motifs is 2. The van der Waals surface area contributed by atoms with Crippen molar-refractivity contribution in [1.29, 1.82) is 0 Å². The quantitative estimate of drug-likeness (QED) is 0.707. The van der Waals surface area contributed by atoms with Crippen molar-refractivity contribution in [3.63, 3.8) is 0 Å². The van der Waals surface area contributed by atoms with E-state index in [1.165, 1.54) is 10.6 Å². The molecule has 1 N–H and O–H groups in total. The van der Waals surface area contributed by atoms with E-state index < -0.39 is 17.4 Å². The number of amides is 2. The number of rotatable bonds is 2. The van der Waals surface area contributed by atoms with Crippen molar-refractivity contribution in [3.8, 4) is 0 Å². The normalized spacial score (nSPS) is 32.5. The average Bonchev–Trinajstić information content (AvgIpc) is 3.48. The number of carbonyl (C=O) groups is 2.